The first-order valence-electron chi connectivity index (χ1n) is 9.90. The second kappa shape index (κ2) is 8.80. The summed E-state index contributed by atoms with van der Waals surface area (Å²) in [6, 6.07) is 4.86. The molecule has 1 aromatic rings. The Hall–Kier alpha value is -1.31. The van der Waals surface area contributed by atoms with Crippen LogP contribution < -0.4 is 5.32 Å². The van der Waals surface area contributed by atoms with Crippen LogP contribution in [0.3, 0.4) is 0 Å². The van der Waals surface area contributed by atoms with E-state index >= 15 is 0 Å². The second-order valence-electron chi connectivity index (χ2n) is 7.47. The van der Waals surface area contributed by atoms with E-state index in [1.165, 1.54) is 17.8 Å². The fourth-order valence-corrected chi connectivity index (χ4v) is 5.23. The zero-order chi connectivity index (χ0) is 18.6. The van der Waals surface area contributed by atoms with E-state index in [-0.39, 0.29) is 30.1 Å². The zero-order valence-corrected chi connectivity index (χ0v) is 16.3. The van der Waals surface area contributed by atoms with Crippen LogP contribution in [0.2, 0.25) is 0 Å². The van der Waals surface area contributed by atoms with Crippen LogP contribution in [-0.4, -0.2) is 55.2 Å². The van der Waals surface area contributed by atoms with Gasteiger partial charge < -0.3 is 19.7 Å². The van der Waals surface area contributed by atoms with Gasteiger partial charge in [0, 0.05) is 37.0 Å². The van der Waals surface area contributed by atoms with Gasteiger partial charge in [0.1, 0.15) is 5.82 Å². The summed E-state index contributed by atoms with van der Waals surface area (Å²) in [6.45, 7) is 2.71. The molecule has 7 heteroatoms. The van der Waals surface area contributed by atoms with Gasteiger partial charge in [-0.15, -0.1) is 11.8 Å². The van der Waals surface area contributed by atoms with Crippen molar-refractivity contribution in [1.29, 1.82) is 0 Å². The summed E-state index contributed by atoms with van der Waals surface area (Å²) in [5, 5.41) is 3.15. The molecule has 0 unspecified atom stereocenters. The van der Waals surface area contributed by atoms with Crippen molar-refractivity contribution in [3.8, 4) is 0 Å². The van der Waals surface area contributed by atoms with Gasteiger partial charge in [-0.1, -0.05) is 12.1 Å². The van der Waals surface area contributed by atoms with Crippen molar-refractivity contribution in [2.24, 2.45) is 0 Å². The Bertz CT molecular complexity index is 645. The van der Waals surface area contributed by atoms with E-state index in [0.717, 1.165) is 56.6 Å². The largest absolute Gasteiger partial charge is 0.376 e. The van der Waals surface area contributed by atoms with Crippen molar-refractivity contribution >= 4 is 17.8 Å². The number of urea groups is 1. The van der Waals surface area contributed by atoms with Crippen LogP contribution in [-0.2, 0) is 9.47 Å². The number of carbonyl (C=O) groups is 1. The van der Waals surface area contributed by atoms with Crippen molar-refractivity contribution in [3.05, 3.63) is 29.6 Å². The van der Waals surface area contributed by atoms with Gasteiger partial charge in [-0.2, -0.15) is 0 Å². The van der Waals surface area contributed by atoms with Crippen LogP contribution in [0, 0.1) is 5.82 Å². The van der Waals surface area contributed by atoms with Crippen LogP contribution in [0.1, 0.15) is 43.7 Å². The van der Waals surface area contributed by atoms with Crippen LogP contribution in [0.15, 0.2) is 23.1 Å². The standard InChI is InChI=1S/C20H27FN2O3S/c21-17-7-1-6-16-18(8-11-27-19(16)17)22-20(24)23(12-14-4-2-9-25-14)13-15-5-3-10-26-15/h1,6-7,14-15,18H,2-5,8-13H2,(H,22,24)/t14-,15-,18-/m0/s1. The molecule has 0 aliphatic carbocycles. The quantitative estimate of drug-likeness (QED) is 0.827. The molecule has 5 nitrogen and oxygen atoms in total. The average Bonchev–Trinajstić information content (AvgIpc) is 3.36. The Morgan fingerprint density at radius 1 is 1.15 bits per heavy atom. The number of ether oxygens (including phenoxy) is 2. The first-order valence-corrected chi connectivity index (χ1v) is 10.9. The predicted molar refractivity (Wildman–Crippen MR) is 103 cm³/mol. The molecule has 3 atom stereocenters. The Kier molecular flexibility index (Phi) is 6.20. The molecule has 3 heterocycles. The molecule has 0 spiro atoms. The number of hydrogen-bond acceptors (Lipinski definition) is 4. The lowest BCUT2D eigenvalue weighted by molar-refractivity contribution is 0.0492. The van der Waals surface area contributed by atoms with Crippen molar-refractivity contribution < 1.29 is 18.7 Å². The topological polar surface area (TPSA) is 50.8 Å². The van der Waals surface area contributed by atoms with Gasteiger partial charge in [-0.25, -0.2) is 9.18 Å². The summed E-state index contributed by atoms with van der Waals surface area (Å²) in [6.07, 6.45) is 5.08. The summed E-state index contributed by atoms with van der Waals surface area (Å²) in [5.41, 5.74) is 0.883. The molecule has 0 bridgehead atoms. The number of thioether (sulfide) groups is 1. The lowest BCUT2D eigenvalue weighted by Crippen LogP contribution is -2.48. The number of benzene rings is 1. The highest BCUT2D eigenvalue weighted by atomic mass is 32.2. The Balaban J connectivity index is 1.45. The fraction of sp³-hybridized carbons (Fsp3) is 0.650. The van der Waals surface area contributed by atoms with Gasteiger partial charge in [0.15, 0.2) is 0 Å². The van der Waals surface area contributed by atoms with E-state index in [4.69, 9.17) is 9.47 Å². The first kappa shape index (κ1) is 19.0. The molecule has 3 aliphatic heterocycles. The molecule has 0 saturated carbocycles. The molecule has 1 aromatic carbocycles. The van der Waals surface area contributed by atoms with Crippen LogP contribution >= 0.6 is 11.8 Å². The lowest BCUT2D eigenvalue weighted by atomic mass is 10.0. The summed E-state index contributed by atoms with van der Waals surface area (Å²) >= 11 is 1.53. The summed E-state index contributed by atoms with van der Waals surface area (Å²) in [5.74, 6) is 0.600. The third-order valence-electron chi connectivity index (χ3n) is 5.51. The molecule has 0 radical (unpaired) electrons. The Labute approximate surface area is 164 Å². The third-order valence-corrected chi connectivity index (χ3v) is 6.67. The number of carbonyl (C=O) groups excluding carboxylic acids is 1. The molecule has 0 aromatic heterocycles. The molecule has 3 aliphatic rings. The maximum atomic E-state index is 14.1. The van der Waals surface area contributed by atoms with Gasteiger partial charge >= 0.3 is 6.03 Å². The van der Waals surface area contributed by atoms with Crippen LogP contribution in [0.4, 0.5) is 9.18 Å². The molecule has 1 N–H and O–H groups in total. The average molecular weight is 395 g/mol. The highest BCUT2D eigenvalue weighted by molar-refractivity contribution is 7.99. The molecule has 2 fully saturated rings. The van der Waals surface area contributed by atoms with E-state index in [9.17, 15) is 9.18 Å². The van der Waals surface area contributed by atoms with E-state index in [1.807, 2.05) is 11.0 Å². The Morgan fingerprint density at radius 2 is 1.85 bits per heavy atom. The van der Waals surface area contributed by atoms with Crippen molar-refractivity contribution in [3.63, 3.8) is 0 Å². The molecular formula is C20H27FN2O3S. The zero-order valence-electron chi connectivity index (χ0n) is 15.5. The third kappa shape index (κ3) is 4.58. The first-order chi connectivity index (χ1) is 13.2. The van der Waals surface area contributed by atoms with Gasteiger partial charge in [-0.3, -0.25) is 0 Å². The summed E-state index contributed by atoms with van der Waals surface area (Å²) < 4.78 is 25.6. The van der Waals surface area contributed by atoms with Crippen LogP contribution in [0.25, 0.3) is 0 Å². The van der Waals surface area contributed by atoms with E-state index in [1.54, 1.807) is 6.07 Å². The predicted octanol–water partition coefficient (Wildman–Crippen LogP) is 3.73. The van der Waals surface area contributed by atoms with Gasteiger partial charge in [0.2, 0.25) is 0 Å². The molecule has 4 rings (SSSR count). The minimum Gasteiger partial charge on any atom is -0.376 e. The highest BCUT2D eigenvalue weighted by Gasteiger charge is 2.30. The van der Waals surface area contributed by atoms with Gasteiger partial charge in [0.05, 0.1) is 18.2 Å². The van der Waals surface area contributed by atoms with Crippen molar-refractivity contribution in [2.75, 3.05) is 32.1 Å². The number of fused-ring (bicyclic) bond motifs is 1. The van der Waals surface area contributed by atoms with Gasteiger partial charge in [-0.05, 0) is 43.7 Å². The van der Waals surface area contributed by atoms with E-state index in [2.05, 4.69) is 5.32 Å². The lowest BCUT2D eigenvalue weighted by Gasteiger charge is -2.32. The highest BCUT2D eigenvalue weighted by Crippen LogP contribution is 2.37. The minimum absolute atomic E-state index is 0.101. The minimum atomic E-state index is -0.202. The smallest absolute Gasteiger partial charge is 0.318 e. The van der Waals surface area contributed by atoms with E-state index < -0.39 is 0 Å². The number of rotatable bonds is 5. The SMILES string of the molecule is O=C(N[C@H]1CCSc2c(F)cccc21)N(C[C@@H]1CCCO1)C[C@@H]1CCCO1. The van der Waals surface area contributed by atoms with Crippen molar-refractivity contribution in [1.82, 2.24) is 10.2 Å². The molecule has 27 heavy (non-hydrogen) atoms. The maximum Gasteiger partial charge on any atom is 0.318 e. The van der Waals surface area contributed by atoms with E-state index in [0.29, 0.717) is 18.0 Å². The molecule has 2 saturated heterocycles. The number of amides is 2. The maximum absolute atomic E-state index is 14.1. The number of halogens is 1. The molecule has 148 valence electrons. The fourth-order valence-electron chi connectivity index (χ4n) is 4.09. The number of nitrogens with zero attached hydrogens (tertiary/aromatic N) is 1. The molecule has 2 amide bonds. The second-order valence-corrected chi connectivity index (χ2v) is 8.58. The summed E-state index contributed by atoms with van der Waals surface area (Å²) in [4.78, 5) is 15.6. The van der Waals surface area contributed by atoms with Crippen LogP contribution in [0.5, 0.6) is 0 Å². The number of nitrogens with one attached hydrogen (secondary N) is 1. The monoisotopic (exact) mass is 394 g/mol. The normalized spacial score (nSPS) is 27.4. The Morgan fingerprint density at radius 3 is 2.48 bits per heavy atom. The van der Waals surface area contributed by atoms with Gasteiger partial charge in [0.25, 0.3) is 0 Å². The summed E-state index contributed by atoms with van der Waals surface area (Å²) in [7, 11) is 0. The van der Waals surface area contributed by atoms with Crippen molar-refractivity contribution in [2.45, 2.75) is 55.2 Å². The number of hydrogen-bond donors (Lipinski definition) is 1. The molecular weight excluding hydrogens is 367 g/mol.